The number of rotatable bonds is 7. The number of aryl methyl sites for hydroxylation is 2. The molecular weight excluding hydrogens is 282 g/mol. The van der Waals surface area contributed by atoms with E-state index in [-0.39, 0.29) is 6.04 Å². The van der Waals surface area contributed by atoms with Gasteiger partial charge >= 0.3 is 0 Å². The van der Waals surface area contributed by atoms with Gasteiger partial charge < -0.3 is 5.32 Å². The van der Waals surface area contributed by atoms with Crippen LogP contribution in [0.15, 0.2) is 30.3 Å². The van der Waals surface area contributed by atoms with Crippen molar-refractivity contribution in [2.75, 3.05) is 6.54 Å². The third kappa shape index (κ3) is 4.08. The molecule has 0 aliphatic rings. The fourth-order valence-electron chi connectivity index (χ4n) is 2.61. The highest BCUT2D eigenvalue weighted by molar-refractivity contribution is 6.31. The number of aromatic nitrogens is 2. The molecule has 0 aliphatic heterocycles. The summed E-state index contributed by atoms with van der Waals surface area (Å²) >= 11 is 6.38. The summed E-state index contributed by atoms with van der Waals surface area (Å²) in [5.41, 5.74) is 3.48. The van der Waals surface area contributed by atoms with Gasteiger partial charge in [0.05, 0.1) is 5.69 Å². The SMILES string of the molecule is CCCNC(Cc1cc(C)nn1CC)c1ccccc1Cl. The van der Waals surface area contributed by atoms with E-state index in [9.17, 15) is 0 Å². The zero-order valence-electron chi connectivity index (χ0n) is 13.1. The lowest BCUT2D eigenvalue weighted by Crippen LogP contribution is -2.25. The second-order valence-corrected chi connectivity index (χ2v) is 5.73. The summed E-state index contributed by atoms with van der Waals surface area (Å²) in [6.07, 6.45) is 2.01. The Kier molecular flexibility index (Phi) is 5.83. The highest BCUT2D eigenvalue weighted by Gasteiger charge is 2.17. The Morgan fingerprint density at radius 1 is 1.29 bits per heavy atom. The molecule has 1 atom stereocenters. The second kappa shape index (κ2) is 7.62. The molecule has 0 saturated heterocycles. The van der Waals surface area contributed by atoms with Crippen molar-refractivity contribution in [2.24, 2.45) is 0 Å². The smallest absolute Gasteiger partial charge is 0.0596 e. The zero-order chi connectivity index (χ0) is 15.2. The molecular formula is C17H24ClN3. The van der Waals surface area contributed by atoms with Crippen LogP contribution in [0.2, 0.25) is 5.02 Å². The van der Waals surface area contributed by atoms with Crippen LogP contribution >= 0.6 is 11.6 Å². The standard InChI is InChI=1S/C17H24ClN3/c1-4-10-19-17(15-8-6-7-9-16(15)18)12-14-11-13(3)20-21(14)5-2/h6-9,11,17,19H,4-5,10,12H2,1-3H3. The summed E-state index contributed by atoms with van der Waals surface area (Å²) in [6.45, 7) is 8.22. The number of nitrogens with one attached hydrogen (secondary N) is 1. The number of hydrogen-bond donors (Lipinski definition) is 1. The third-order valence-corrected chi connectivity index (χ3v) is 3.96. The van der Waals surface area contributed by atoms with Gasteiger partial charge in [0, 0.05) is 29.7 Å². The number of halogens is 1. The molecule has 4 heteroatoms. The molecule has 0 saturated carbocycles. The van der Waals surface area contributed by atoms with Gasteiger partial charge in [-0.15, -0.1) is 0 Å². The van der Waals surface area contributed by atoms with Crippen LogP contribution in [-0.2, 0) is 13.0 Å². The highest BCUT2D eigenvalue weighted by atomic mass is 35.5. The second-order valence-electron chi connectivity index (χ2n) is 5.33. The largest absolute Gasteiger partial charge is 0.310 e. The van der Waals surface area contributed by atoms with E-state index < -0.39 is 0 Å². The summed E-state index contributed by atoms with van der Waals surface area (Å²) in [5, 5.41) is 8.97. The van der Waals surface area contributed by atoms with Crippen LogP contribution in [-0.4, -0.2) is 16.3 Å². The minimum absolute atomic E-state index is 0.222. The van der Waals surface area contributed by atoms with E-state index >= 15 is 0 Å². The first kappa shape index (κ1) is 16.1. The maximum Gasteiger partial charge on any atom is 0.0596 e. The van der Waals surface area contributed by atoms with Crippen molar-refractivity contribution in [3.05, 3.63) is 52.3 Å². The topological polar surface area (TPSA) is 29.9 Å². The summed E-state index contributed by atoms with van der Waals surface area (Å²) < 4.78 is 2.08. The molecule has 1 N–H and O–H groups in total. The van der Waals surface area contributed by atoms with E-state index in [1.54, 1.807) is 0 Å². The average molecular weight is 306 g/mol. The Bertz CT molecular complexity index is 577. The van der Waals surface area contributed by atoms with E-state index in [1.165, 1.54) is 5.69 Å². The summed E-state index contributed by atoms with van der Waals surface area (Å²) in [5.74, 6) is 0. The van der Waals surface area contributed by atoms with Crippen molar-refractivity contribution < 1.29 is 0 Å². The van der Waals surface area contributed by atoms with Crippen LogP contribution in [0.3, 0.4) is 0 Å². The maximum atomic E-state index is 6.38. The van der Waals surface area contributed by atoms with Crippen molar-refractivity contribution in [3.8, 4) is 0 Å². The predicted molar refractivity (Wildman–Crippen MR) is 88.8 cm³/mol. The Morgan fingerprint density at radius 2 is 2.05 bits per heavy atom. The van der Waals surface area contributed by atoms with Gasteiger partial charge in [0.15, 0.2) is 0 Å². The Balaban J connectivity index is 2.26. The molecule has 114 valence electrons. The van der Waals surface area contributed by atoms with Gasteiger partial charge in [-0.05, 0) is 44.5 Å². The first-order valence-electron chi connectivity index (χ1n) is 7.66. The average Bonchev–Trinajstić information content (AvgIpc) is 2.84. The number of nitrogens with zero attached hydrogens (tertiary/aromatic N) is 2. The lowest BCUT2D eigenvalue weighted by Gasteiger charge is -2.20. The van der Waals surface area contributed by atoms with Crippen LogP contribution in [0.1, 0.15) is 43.3 Å². The molecule has 0 amide bonds. The van der Waals surface area contributed by atoms with Crippen LogP contribution in [0, 0.1) is 6.92 Å². The molecule has 1 unspecified atom stereocenters. The van der Waals surface area contributed by atoms with Crippen LogP contribution in [0.5, 0.6) is 0 Å². The molecule has 0 aliphatic carbocycles. The molecule has 0 radical (unpaired) electrons. The molecule has 0 spiro atoms. The monoisotopic (exact) mass is 305 g/mol. The van der Waals surface area contributed by atoms with Crippen LogP contribution < -0.4 is 5.32 Å². The zero-order valence-corrected chi connectivity index (χ0v) is 13.8. The normalized spacial score (nSPS) is 12.6. The van der Waals surface area contributed by atoms with Crippen molar-refractivity contribution >= 4 is 11.6 Å². The molecule has 3 nitrogen and oxygen atoms in total. The number of benzene rings is 1. The van der Waals surface area contributed by atoms with Crippen molar-refractivity contribution in [3.63, 3.8) is 0 Å². The fraction of sp³-hybridized carbons (Fsp3) is 0.471. The first-order valence-corrected chi connectivity index (χ1v) is 8.04. The Morgan fingerprint density at radius 3 is 2.71 bits per heavy atom. The van der Waals surface area contributed by atoms with Gasteiger partial charge in [-0.3, -0.25) is 4.68 Å². The number of hydrogen-bond acceptors (Lipinski definition) is 2. The van der Waals surface area contributed by atoms with E-state index in [4.69, 9.17) is 11.6 Å². The molecule has 0 fully saturated rings. The molecule has 1 aromatic heterocycles. The molecule has 1 aromatic carbocycles. The minimum atomic E-state index is 0.222. The Labute approximate surface area is 132 Å². The third-order valence-electron chi connectivity index (χ3n) is 3.62. The van der Waals surface area contributed by atoms with Gasteiger partial charge in [0.1, 0.15) is 0 Å². The quantitative estimate of drug-likeness (QED) is 0.833. The van der Waals surface area contributed by atoms with Gasteiger partial charge in [-0.2, -0.15) is 5.10 Å². The van der Waals surface area contributed by atoms with Gasteiger partial charge in [-0.25, -0.2) is 0 Å². The minimum Gasteiger partial charge on any atom is -0.310 e. The van der Waals surface area contributed by atoms with Gasteiger partial charge in [0.2, 0.25) is 0 Å². The molecule has 2 aromatic rings. The van der Waals surface area contributed by atoms with Crippen LogP contribution in [0.4, 0.5) is 0 Å². The molecule has 0 bridgehead atoms. The molecule has 21 heavy (non-hydrogen) atoms. The summed E-state index contributed by atoms with van der Waals surface area (Å²) in [6, 6.07) is 10.5. The lowest BCUT2D eigenvalue weighted by atomic mass is 10.0. The highest BCUT2D eigenvalue weighted by Crippen LogP contribution is 2.26. The Hall–Kier alpha value is -1.32. The maximum absolute atomic E-state index is 6.38. The van der Waals surface area contributed by atoms with E-state index in [2.05, 4.69) is 41.1 Å². The van der Waals surface area contributed by atoms with Crippen molar-refractivity contribution in [1.29, 1.82) is 0 Å². The summed E-state index contributed by atoms with van der Waals surface area (Å²) in [4.78, 5) is 0. The first-order chi connectivity index (χ1) is 10.2. The predicted octanol–water partition coefficient (Wildman–Crippen LogP) is 4.15. The van der Waals surface area contributed by atoms with Gasteiger partial charge in [-0.1, -0.05) is 36.7 Å². The van der Waals surface area contributed by atoms with Crippen molar-refractivity contribution in [2.45, 2.75) is 46.2 Å². The lowest BCUT2D eigenvalue weighted by molar-refractivity contribution is 0.503. The fourth-order valence-corrected chi connectivity index (χ4v) is 2.88. The van der Waals surface area contributed by atoms with E-state index in [1.807, 2.05) is 25.1 Å². The van der Waals surface area contributed by atoms with Gasteiger partial charge in [0.25, 0.3) is 0 Å². The van der Waals surface area contributed by atoms with Crippen molar-refractivity contribution in [1.82, 2.24) is 15.1 Å². The van der Waals surface area contributed by atoms with E-state index in [0.717, 1.165) is 42.2 Å². The molecule has 2 rings (SSSR count). The molecule has 1 heterocycles. The van der Waals surface area contributed by atoms with Crippen LogP contribution in [0.25, 0.3) is 0 Å². The van der Waals surface area contributed by atoms with E-state index in [0.29, 0.717) is 0 Å². The summed E-state index contributed by atoms with van der Waals surface area (Å²) in [7, 11) is 0.